The maximum atomic E-state index is 13.8. The molecule has 0 unspecified atom stereocenters. The van der Waals surface area contributed by atoms with Crippen LogP contribution >= 0.6 is 0 Å². The first-order chi connectivity index (χ1) is 12.9. The smallest absolute Gasteiger partial charge is 0.276 e. The van der Waals surface area contributed by atoms with Crippen LogP contribution in [0.4, 0.5) is 4.39 Å². The van der Waals surface area contributed by atoms with Gasteiger partial charge in [-0.1, -0.05) is 37.3 Å². The minimum Gasteiger partial charge on any atom is -0.339 e. The van der Waals surface area contributed by atoms with Crippen molar-refractivity contribution in [3.8, 4) is 0 Å². The highest BCUT2D eigenvalue weighted by atomic mass is 19.1. The van der Waals surface area contributed by atoms with E-state index in [1.165, 1.54) is 21.8 Å². The number of benzene rings is 1. The predicted octanol–water partition coefficient (Wildman–Crippen LogP) is 1.79. The molecule has 8 heteroatoms. The van der Waals surface area contributed by atoms with E-state index in [9.17, 15) is 14.0 Å². The number of rotatable bonds is 5. The van der Waals surface area contributed by atoms with Crippen LogP contribution < -0.4 is 0 Å². The minimum absolute atomic E-state index is 0.0537. The third-order valence-corrected chi connectivity index (χ3v) is 4.64. The van der Waals surface area contributed by atoms with Gasteiger partial charge in [-0.05, 0) is 18.9 Å². The zero-order chi connectivity index (χ0) is 19.6. The highest BCUT2D eigenvalue weighted by molar-refractivity contribution is 5.96. The molecule has 0 saturated carbocycles. The van der Waals surface area contributed by atoms with Crippen LogP contribution in [0.2, 0.25) is 0 Å². The number of carbonyl (C=O) groups excluding carboxylic acids is 2. The summed E-state index contributed by atoms with van der Waals surface area (Å²) in [6, 6.07) is 5.86. The molecule has 2 heterocycles. The zero-order valence-electron chi connectivity index (χ0n) is 15.8. The molecule has 1 aliphatic heterocycles. The molecule has 144 valence electrons. The number of halogens is 1. The maximum absolute atomic E-state index is 13.8. The first-order valence-electron chi connectivity index (χ1n) is 9.10. The van der Waals surface area contributed by atoms with Gasteiger partial charge in [0.05, 0.1) is 12.7 Å². The van der Waals surface area contributed by atoms with E-state index < -0.39 is 6.04 Å². The van der Waals surface area contributed by atoms with E-state index in [4.69, 9.17) is 0 Å². The molecule has 2 amide bonds. The van der Waals surface area contributed by atoms with E-state index in [-0.39, 0.29) is 29.9 Å². The molecule has 1 aromatic carbocycles. The van der Waals surface area contributed by atoms with Crippen LogP contribution in [-0.2, 0) is 11.3 Å². The number of hydrogen-bond acceptors (Lipinski definition) is 4. The Morgan fingerprint density at radius 3 is 2.74 bits per heavy atom. The van der Waals surface area contributed by atoms with Crippen LogP contribution in [0.3, 0.4) is 0 Å². The quantitative estimate of drug-likeness (QED) is 0.801. The lowest BCUT2D eigenvalue weighted by Gasteiger charge is -2.39. The van der Waals surface area contributed by atoms with Crippen molar-refractivity contribution < 1.29 is 14.0 Å². The monoisotopic (exact) mass is 373 g/mol. The van der Waals surface area contributed by atoms with Crippen molar-refractivity contribution in [3.05, 3.63) is 47.5 Å². The van der Waals surface area contributed by atoms with Gasteiger partial charge in [-0.3, -0.25) is 9.59 Å². The fourth-order valence-corrected chi connectivity index (χ4v) is 3.25. The summed E-state index contributed by atoms with van der Waals surface area (Å²) >= 11 is 0. The minimum atomic E-state index is -0.540. The van der Waals surface area contributed by atoms with E-state index in [1.807, 2.05) is 0 Å². The van der Waals surface area contributed by atoms with Gasteiger partial charge in [0.1, 0.15) is 11.9 Å². The van der Waals surface area contributed by atoms with Crippen molar-refractivity contribution in [3.63, 3.8) is 0 Å². The summed E-state index contributed by atoms with van der Waals surface area (Å²) < 4.78 is 15.2. The van der Waals surface area contributed by atoms with Crippen molar-refractivity contribution in [1.82, 2.24) is 24.8 Å². The number of amides is 2. The summed E-state index contributed by atoms with van der Waals surface area (Å²) in [5.41, 5.74) is 0.621. The molecule has 0 N–H and O–H groups in total. The summed E-state index contributed by atoms with van der Waals surface area (Å²) in [4.78, 5) is 28.6. The normalized spacial score (nSPS) is 17.7. The predicted molar refractivity (Wildman–Crippen MR) is 97.4 cm³/mol. The van der Waals surface area contributed by atoms with Gasteiger partial charge in [0.2, 0.25) is 5.91 Å². The van der Waals surface area contributed by atoms with Crippen molar-refractivity contribution in [2.75, 3.05) is 19.6 Å². The van der Waals surface area contributed by atoms with Gasteiger partial charge in [0.15, 0.2) is 5.69 Å². The largest absolute Gasteiger partial charge is 0.339 e. The van der Waals surface area contributed by atoms with Gasteiger partial charge < -0.3 is 9.80 Å². The van der Waals surface area contributed by atoms with Crippen molar-refractivity contribution in [2.45, 2.75) is 33.4 Å². The van der Waals surface area contributed by atoms with Crippen LogP contribution in [0.1, 0.15) is 36.8 Å². The molecular formula is C19H24FN5O2. The third kappa shape index (κ3) is 4.15. The van der Waals surface area contributed by atoms with Crippen LogP contribution in [0.15, 0.2) is 30.5 Å². The molecule has 1 aromatic heterocycles. The lowest BCUT2D eigenvalue weighted by Crippen LogP contribution is -2.58. The van der Waals surface area contributed by atoms with Gasteiger partial charge in [0.25, 0.3) is 5.91 Å². The van der Waals surface area contributed by atoms with E-state index in [0.29, 0.717) is 31.1 Å². The molecular weight excluding hydrogens is 349 g/mol. The van der Waals surface area contributed by atoms with Crippen LogP contribution in [-0.4, -0.2) is 62.3 Å². The van der Waals surface area contributed by atoms with E-state index in [1.54, 1.807) is 30.0 Å². The molecule has 2 aromatic rings. The summed E-state index contributed by atoms with van der Waals surface area (Å²) in [7, 11) is 0. The standard InChI is InChI=1S/C19H24FN5O2/c1-13(2)10-23-8-9-25(14(3)18(23)26)19(27)17-12-24(22-21-17)11-15-6-4-5-7-16(15)20/h4-7,12-14H,8-11H2,1-3H3/t14-/m0/s1. The van der Waals surface area contributed by atoms with E-state index in [0.717, 1.165) is 0 Å². The Bertz CT molecular complexity index is 835. The lowest BCUT2D eigenvalue weighted by molar-refractivity contribution is -0.140. The van der Waals surface area contributed by atoms with Crippen LogP contribution in [0, 0.1) is 11.7 Å². The van der Waals surface area contributed by atoms with E-state index >= 15 is 0 Å². The van der Waals surface area contributed by atoms with Gasteiger partial charge >= 0.3 is 0 Å². The SMILES string of the molecule is CC(C)CN1CCN(C(=O)c2cn(Cc3ccccc3F)nn2)[C@@H](C)C1=O. The fourth-order valence-electron chi connectivity index (χ4n) is 3.25. The molecule has 0 spiro atoms. The molecule has 0 radical (unpaired) electrons. The molecule has 3 rings (SSSR count). The highest BCUT2D eigenvalue weighted by Gasteiger charge is 2.35. The zero-order valence-corrected chi connectivity index (χ0v) is 15.8. The number of carbonyl (C=O) groups is 2. The van der Waals surface area contributed by atoms with Gasteiger partial charge in [-0.15, -0.1) is 5.10 Å². The molecule has 1 atom stereocenters. The maximum Gasteiger partial charge on any atom is 0.276 e. The Hall–Kier alpha value is -2.77. The first-order valence-corrected chi connectivity index (χ1v) is 9.10. The Morgan fingerprint density at radius 2 is 2.04 bits per heavy atom. The Labute approximate surface area is 157 Å². The molecule has 7 nitrogen and oxygen atoms in total. The van der Waals surface area contributed by atoms with Gasteiger partial charge in [-0.2, -0.15) is 0 Å². The van der Waals surface area contributed by atoms with Crippen LogP contribution in [0.5, 0.6) is 0 Å². The van der Waals surface area contributed by atoms with Crippen molar-refractivity contribution in [2.24, 2.45) is 5.92 Å². The Kier molecular flexibility index (Phi) is 5.53. The van der Waals surface area contributed by atoms with Gasteiger partial charge in [0, 0.05) is 25.2 Å². The number of piperazine rings is 1. The average molecular weight is 373 g/mol. The summed E-state index contributed by atoms with van der Waals surface area (Å²) in [5.74, 6) is -0.343. The Morgan fingerprint density at radius 1 is 1.30 bits per heavy atom. The molecule has 0 bridgehead atoms. The summed E-state index contributed by atoms with van der Waals surface area (Å²) in [6.07, 6.45) is 1.49. The summed E-state index contributed by atoms with van der Waals surface area (Å²) in [5, 5.41) is 7.84. The molecule has 0 aliphatic carbocycles. The molecule has 27 heavy (non-hydrogen) atoms. The third-order valence-electron chi connectivity index (χ3n) is 4.64. The number of nitrogens with zero attached hydrogens (tertiary/aromatic N) is 5. The molecule has 1 fully saturated rings. The second-order valence-electron chi connectivity index (χ2n) is 7.25. The lowest BCUT2D eigenvalue weighted by atomic mass is 10.1. The number of aromatic nitrogens is 3. The highest BCUT2D eigenvalue weighted by Crippen LogP contribution is 2.16. The van der Waals surface area contributed by atoms with E-state index in [2.05, 4.69) is 24.2 Å². The second-order valence-corrected chi connectivity index (χ2v) is 7.25. The molecule has 1 aliphatic rings. The fraction of sp³-hybridized carbons (Fsp3) is 0.474. The number of hydrogen-bond donors (Lipinski definition) is 0. The van der Waals surface area contributed by atoms with Gasteiger partial charge in [-0.25, -0.2) is 9.07 Å². The van der Waals surface area contributed by atoms with Crippen LogP contribution in [0.25, 0.3) is 0 Å². The topological polar surface area (TPSA) is 71.3 Å². The first kappa shape index (κ1) is 19.0. The summed E-state index contributed by atoms with van der Waals surface area (Å²) in [6.45, 7) is 7.69. The molecule has 1 saturated heterocycles. The van der Waals surface area contributed by atoms with Crippen molar-refractivity contribution in [1.29, 1.82) is 0 Å². The second kappa shape index (κ2) is 7.85. The average Bonchev–Trinajstić information content (AvgIpc) is 3.09. The van der Waals surface area contributed by atoms with Crippen molar-refractivity contribution >= 4 is 11.8 Å². The Balaban J connectivity index is 1.69.